The summed E-state index contributed by atoms with van der Waals surface area (Å²) in [4.78, 5) is 16.4. The van der Waals surface area contributed by atoms with Gasteiger partial charge >= 0.3 is 0 Å². The van der Waals surface area contributed by atoms with Crippen LogP contribution in [0.3, 0.4) is 0 Å². The van der Waals surface area contributed by atoms with Crippen LogP contribution in [0.1, 0.15) is 5.56 Å². The van der Waals surface area contributed by atoms with Gasteiger partial charge in [-0.3, -0.25) is 9.78 Å². The van der Waals surface area contributed by atoms with Crippen LogP contribution in [0.2, 0.25) is 0 Å². The van der Waals surface area contributed by atoms with Crippen molar-refractivity contribution < 1.29 is 4.79 Å². The quantitative estimate of drug-likeness (QED) is 0.515. The molecule has 0 atom stereocenters. The fourth-order valence-electron chi connectivity index (χ4n) is 1.12. The summed E-state index contributed by atoms with van der Waals surface area (Å²) in [5.41, 5.74) is 8.36. The number of hydrogen-bond donors (Lipinski definition) is 2. The van der Waals surface area contributed by atoms with Gasteiger partial charge in [0.2, 0.25) is 0 Å². The first kappa shape index (κ1) is 11.6. The van der Waals surface area contributed by atoms with Crippen LogP contribution in [0, 0.1) is 0 Å². The maximum absolute atomic E-state index is 11.4. The number of carbonyl (C=O) groups excluding carboxylic acids is 1. The molecular formula is C9H10N8O. The molecule has 0 aliphatic carbocycles. The molecule has 9 heteroatoms. The number of carbonyl (C=O) groups is 1. The Hall–Kier alpha value is -2.84. The van der Waals surface area contributed by atoms with E-state index in [1.807, 2.05) is 6.07 Å². The summed E-state index contributed by atoms with van der Waals surface area (Å²) in [6, 6.07) is 3.58. The summed E-state index contributed by atoms with van der Waals surface area (Å²) in [5.74, 6) is -0.366. The van der Waals surface area contributed by atoms with Gasteiger partial charge in [0.1, 0.15) is 6.54 Å². The number of nitrogen functional groups attached to an aromatic ring is 1. The topological polar surface area (TPSA) is 124 Å². The predicted octanol–water partition coefficient (Wildman–Crippen LogP) is -1.20. The van der Waals surface area contributed by atoms with E-state index in [9.17, 15) is 4.79 Å². The molecule has 0 aliphatic rings. The van der Waals surface area contributed by atoms with E-state index in [-0.39, 0.29) is 18.4 Å². The number of rotatable bonds is 4. The lowest BCUT2D eigenvalue weighted by atomic mass is 10.3. The van der Waals surface area contributed by atoms with Crippen molar-refractivity contribution in [1.82, 2.24) is 30.6 Å². The Bertz CT molecular complexity index is 549. The Labute approximate surface area is 102 Å². The van der Waals surface area contributed by atoms with Crippen LogP contribution in [0.25, 0.3) is 0 Å². The van der Waals surface area contributed by atoms with Gasteiger partial charge in [-0.1, -0.05) is 11.2 Å². The first-order valence-electron chi connectivity index (χ1n) is 4.99. The Morgan fingerprint density at radius 3 is 3.17 bits per heavy atom. The fraction of sp³-hybridized carbons (Fsp3) is 0.111. The van der Waals surface area contributed by atoms with Gasteiger partial charge in [-0.05, 0) is 11.3 Å². The van der Waals surface area contributed by atoms with Crippen LogP contribution in [0.4, 0.5) is 5.95 Å². The molecule has 0 aliphatic heterocycles. The highest BCUT2D eigenvalue weighted by molar-refractivity contribution is 5.81. The lowest BCUT2D eigenvalue weighted by Gasteiger charge is -1.97. The second-order valence-corrected chi connectivity index (χ2v) is 3.26. The van der Waals surface area contributed by atoms with Crippen molar-refractivity contribution in [3.8, 4) is 0 Å². The Morgan fingerprint density at radius 1 is 1.61 bits per heavy atom. The summed E-state index contributed by atoms with van der Waals surface area (Å²) in [5, 5.41) is 14.4. The lowest BCUT2D eigenvalue weighted by Crippen LogP contribution is -2.24. The van der Waals surface area contributed by atoms with Crippen molar-refractivity contribution in [3.63, 3.8) is 0 Å². The fourth-order valence-corrected chi connectivity index (χ4v) is 1.12. The van der Waals surface area contributed by atoms with Crippen LogP contribution in [0.15, 0.2) is 29.6 Å². The monoisotopic (exact) mass is 246 g/mol. The van der Waals surface area contributed by atoms with Gasteiger partial charge in [0.05, 0.1) is 6.21 Å². The second-order valence-electron chi connectivity index (χ2n) is 3.26. The average molecular weight is 246 g/mol. The third-order valence-electron chi connectivity index (χ3n) is 1.84. The Kier molecular flexibility index (Phi) is 3.54. The summed E-state index contributed by atoms with van der Waals surface area (Å²) in [7, 11) is 0. The summed E-state index contributed by atoms with van der Waals surface area (Å²) < 4.78 is 0. The van der Waals surface area contributed by atoms with Gasteiger partial charge in [-0.25, -0.2) is 5.43 Å². The van der Waals surface area contributed by atoms with Gasteiger partial charge < -0.3 is 5.73 Å². The number of pyridine rings is 1. The molecule has 3 N–H and O–H groups in total. The third-order valence-corrected chi connectivity index (χ3v) is 1.84. The second kappa shape index (κ2) is 5.48. The Balaban J connectivity index is 1.83. The van der Waals surface area contributed by atoms with E-state index in [0.717, 1.165) is 10.4 Å². The van der Waals surface area contributed by atoms with Crippen molar-refractivity contribution in [2.45, 2.75) is 6.54 Å². The first-order valence-corrected chi connectivity index (χ1v) is 4.99. The van der Waals surface area contributed by atoms with Crippen LogP contribution < -0.4 is 11.2 Å². The zero-order chi connectivity index (χ0) is 12.8. The lowest BCUT2D eigenvalue weighted by molar-refractivity contribution is -0.122. The summed E-state index contributed by atoms with van der Waals surface area (Å²) in [6.45, 7) is -0.103. The van der Waals surface area contributed by atoms with E-state index in [1.165, 1.54) is 6.21 Å². The van der Waals surface area contributed by atoms with Crippen LogP contribution in [0.5, 0.6) is 0 Å². The molecular weight excluding hydrogens is 236 g/mol. The number of nitrogens with one attached hydrogen (secondary N) is 1. The number of aromatic nitrogens is 5. The average Bonchev–Trinajstić information content (AvgIpc) is 2.76. The van der Waals surface area contributed by atoms with Crippen LogP contribution in [-0.4, -0.2) is 37.3 Å². The molecule has 0 unspecified atom stereocenters. The smallest absolute Gasteiger partial charge is 0.263 e. The van der Waals surface area contributed by atoms with Gasteiger partial charge in [0.15, 0.2) is 0 Å². The zero-order valence-corrected chi connectivity index (χ0v) is 9.26. The minimum Gasteiger partial charge on any atom is -0.365 e. The highest BCUT2D eigenvalue weighted by atomic mass is 16.2. The molecule has 0 saturated carbocycles. The van der Waals surface area contributed by atoms with Crippen molar-refractivity contribution in [3.05, 3.63) is 30.1 Å². The maximum Gasteiger partial charge on any atom is 0.263 e. The molecule has 9 nitrogen and oxygen atoms in total. The molecule has 18 heavy (non-hydrogen) atoms. The molecule has 1 amide bonds. The van der Waals surface area contributed by atoms with Gasteiger partial charge in [-0.15, -0.1) is 5.10 Å². The summed E-state index contributed by atoms with van der Waals surface area (Å²) >= 11 is 0. The minimum absolute atomic E-state index is 0.0154. The van der Waals surface area contributed by atoms with E-state index in [1.54, 1.807) is 18.5 Å². The van der Waals surface area contributed by atoms with Crippen molar-refractivity contribution in [2.24, 2.45) is 5.10 Å². The highest BCUT2D eigenvalue weighted by Gasteiger charge is 2.04. The number of hydrogen-bond acceptors (Lipinski definition) is 7. The van der Waals surface area contributed by atoms with Crippen LogP contribution >= 0.6 is 0 Å². The van der Waals surface area contributed by atoms with Crippen molar-refractivity contribution >= 4 is 18.1 Å². The van der Waals surface area contributed by atoms with Gasteiger partial charge in [0.25, 0.3) is 11.9 Å². The van der Waals surface area contributed by atoms with E-state index >= 15 is 0 Å². The predicted molar refractivity (Wildman–Crippen MR) is 62.2 cm³/mol. The normalized spacial score (nSPS) is 10.7. The van der Waals surface area contributed by atoms with Crippen molar-refractivity contribution in [1.29, 1.82) is 0 Å². The minimum atomic E-state index is -0.382. The van der Waals surface area contributed by atoms with Gasteiger partial charge in [-0.2, -0.15) is 9.90 Å². The first-order chi connectivity index (χ1) is 8.74. The van der Waals surface area contributed by atoms with E-state index in [0.29, 0.717) is 0 Å². The standard InChI is InChI=1S/C9H10N8O/c10-9-14-16-17(15-9)6-8(18)13-12-5-7-2-1-3-11-4-7/h1-5H,6H2,(H2,10,15)(H,13,18)/b12-5+. The Morgan fingerprint density at radius 2 is 2.50 bits per heavy atom. The SMILES string of the molecule is Nc1nnn(CC(=O)N/N=C/c2cccnc2)n1. The molecule has 2 aromatic rings. The van der Waals surface area contributed by atoms with Gasteiger partial charge in [0, 0.05) is 18.0 Å². The molecule has 0 spiro atoms. The maximum atomic E-state index is 11.4. The van der Waals surface area contributed by atoms with E-state index in [2.05, 4.69) is 30.9 Å². The molecule has 0 saturated heterocycles. The molecule has 2 rings (SSSR count). The van der Waals surface area contributed by atoms with E-state index < -0.39 is 0 Å². The largest absolute Gasteiger partial charge is 0.365 e. The number of tetrazole rings is 1. The molecule has 92 valence electrons. The number of amides is 1. The molecule has 0 aromatic carbocycles. The molecule has 0 bridgehead atoms. The van der Waals surface area contributed by atoms with Crippen molar-refractivity contribution in [2.75, 3.05) is 5.73 Å². The highest BCUT2D eigenvalue weighted by Crippen LogP contribution is 1.89. The number of hydrazone groups is 1. The molecule has 2 heterocycles. The molecule has 0 radical (unpaired) electrons. The molecule has 2 aromatic heterocycles. The van der Waals surface area contributed by atoms with E-state index in [4.69, 9.17) is 5.73 Å². The molecule has 0 fully saturated rings. The van der Waals surface area contributed by atoms with Crippen LogP contribution in [-0.2, 0) is 11.3 Å². The zero-order valence-electron chi connectivity index (χ0n) is 9.26. The number of nitrogens with zero attached hydrogens (tertiary/aromatic N) is 6. The number of anilines is 1. The number of nitrogens with two attached hydrogens (primary N) is 1. The summed E-state index contributed by atoms with van der Waals surface area (Å²) in [6.07, 6.45) is 4.75. The third kappa shape index (κ3) is 3.33.